The molecule has 0 aliphatic rings. The van der Waals surface area contributed by atoms with Crippen molar-refractivity contribution in [3.05, 3.63) is 76.9 Å². The van der Waals surface area contributed by atoms with Gasteiger partial charge in [0.1, 0.15) is 0 Å². The third-order valence-corrected chi connectivity index (χ3v) is 3.13. The van der Waals surface area contributed by atoms with E-state index in [1.54, 1.807) is 0 Å². The second kappa shape index (κ2) is 6.14. The molecule has 0 amide bonds. The largest absolute Gasteiger partial charge is 0.294 e. The number of ketones is 1. The standard InChI is InChI=1S/C18H18O/c1-14-11-12-15(2)17(13-14)9-6-10-18(19)16-7-4-3-5-8-16/h3-9,11-13H,10H2,1-2H3/b9-6+. The Hall–Kier alpha value is -2.15. The Bertz CT molecular complexity index is 594. The highest BCUT2D eigenvalue weighted by molar-refractivity contribution is 5.97. The van der Waals surface area contributed by atoms with E-state index in [4.69, 9.17) is 0 Å². The zero-order valence-electron chi connectivity index (χ0n) is 11.4. The molecule has 0 fully saturated rings. The lowest BCUT2D eigenvalue weighted by Crippen LogP contribution is -1.95. The Balaban J connectivity index is 2.04. The molecule has 0 saturated heterocycles. The molecule has 2 aromatic carbocycles. The van der Waals surface area contributed by atoms with Crippen LogP contribution >= 0.6 is 0 Å². The van der Waals surface area contributed by atoms with Crippen molar-refractivity contribution in [3.63, 3.8) is 0 Å². The zero-order chi connectivity index (χ0) is 13.7. The van der Waals surface area contributed by atoms with Gasteiger partial charge in [-0.05, 0) is 25.0 Å². The molecule has 0 radical (unpaired) electrons. The highest BCUT2D eigenvalue weighted by atomic mass is 16.1. The Morgan fingerprint density at radius 3 is 2.53 bits per heavy atom. The van der Waals surface area contributed by atoms with E-state index in [1.165, 1.54) is 16.7 Å². The smallest absolute Gasteiger partial charge is 0.166 e. The van der Waals surface area contributed by atoms with Gasteiger partial charge in [-0.3, -0.25) is 4.79 Å². The summed E-state index contributed by atoms with van der Waals surface area (Å²) in [4.78, 5) is 11.9. The fourth-order valence-corrected chi connectivity index (χ4v) is 1.97. The predicted octanol–water partition coefficient (Wildman–Crippen LogP) is 4.59. The van der Waals surface area contributed by atoms with Crippen molar-refractivity contribution in [1.29, 1.82) is 0 Å². The summed E-state index contributed by atoms with van der Waals surface area (Å²) in [6, 6.07) is 15.8. The van der Waals surface area contributed by atoms with Gasteiger partial charge in [0.25, 0.3) is 0 Å². The Morgan fingerprint density at radius 2 is 1.79 bits per heavy atom. The highest BCUT2D eigenvalue weighted by Crippen LogP contribution is 2.13. The van der Waals surface area contributed by atoms with Gasteiger partial charge in [-0.2, -0.15) is 0 Å². The van der Waals surface area contributed by atoms with Gasteiger partial charge in [-0.15, -0.1) is 0 Å². The Kier molecular flexibility index (Phi) is 4.30. The maximum Gasteiger partial charge on any atom is 0.166 e. The van der Waals surface area contributed by atoms with Crippen LogP contribution < -0.4 is 0 Å². The van der Waals surface area contributed by atoms with Gasteiger partial charge in [0.2, 0.25) is 0 Å². The van der Waals surface area contributed by atoms with E-state index in [1.807, 2.05) is 42.5 Å². The highest BCUT2D eigenvalue weighted by Gasteiger charge is 2.01. The zero-order valence-corrected chi connectivity index (χ0v) is 11.4. The van der Waals surface area contributed by atoms with E-state index in [0.29, 0.717) is 6.42 Å². The first-order valence-corrected chi connectivity index (χ1v) is 6.49. The molecule has 2 aromatic rings. The van der Waals surface area contributed by atoms with Crippen molar-refractivity contribution in [2.75, 3.05) is 0 Å². The van der Waals surface area contributed by atoms with Gasteiger partial charge >= 0.3 is 0 Å². The Labute approximate surface area is 114 Å². The molecule has 2 rings (SSSR count). The molecular formula is C18H18O. The predicted molar refractivity (Wildman–Crippen MR) is 80.3 cm³/mol. The SMILES string of the molecule is Cc1ccc(C)c(/C=C/CC(=O)c2ccccc2)c1. The van der Waals surface area contributed by atoms with Crippen LogP contribution in [0.25, 0.3) is 6.08 Å². The number of hydrogen-bond donors (Lipinski definition) is 0. The summed E-state index contributed by atoms with van der Waals surface area (Å²) in [5.41, 5.74) is 4.42. The molecule has 0 N–H and O–H groups in total. The molecule has 0 spiro atoms. The summed E-state index contributed by atoms with van der Waals surface area (Å²) in [6.07, 6.45) is 4.41. The molecule has 0 bridgehead atoms. The summed E-state index contributed by atoms with van der Waals surface area (Å²) in [5, 5.41) is 0. The van der Waals surface area contributed by atoms with Crippen LogP contribution in [-0.4, -0.2) is 5.78 Å². The molecule has 0 unspecified atom stereocenters. The fraction of sp³-hybridized carbons (Fsp3) is 0.167. The van der Waals surface area contributed by atoms with Crippen molar-refractivity contribution in [3.8, 4) is 0 Å². The molecular weight excluding hydrogens is 232 g/mol. The quantitative estimate of drug-likeness (QED) is 0.725. The second-order valence-electron chi connectivity index (χ2n) is 4.76. The molecule has 0 aliphatic heterocycles. The summed E-state index contributed by atoms with van der Waals surface area (Å²) < 4.78 is 0. The first kappa shape index (κ1) is 13.3. The third kappa shape index (κ3) is 3.65. The van der Waals surface area contributed by atoms with E-state index in [9.17, 15) is 4.79 Å². The van der Waals surface area contributed by atoms with E-state index in [2.05, 4.69) is 32.0 Å². The molecule has 19 heavy (non-hydrogen) atoms. The van der Waals surface area contributed by atoms with E-state index in [-0.39, 0.29) is 5.78 Å². The third-order valence-electron chi connectivity index (χ3n) is 3.13. The normalized spacial score (nSPS) is 10.8. The minimum absolute atomic E-state index is 0.155. The fourth-order valence-electron chi connectivity index (χ4n) is 1.97. The van der Waals surface area contributed by atoms with Crippen LogP contribution in [0.1, 0.15) is 33.5 Å². The molecule has 96 valence electrons. The van der Waals surface area contributed by atoms with Crippen LogP contribution in [0.15, 0.2) is 54.6 Å². The Morgan fingerprint density at radius 1 is 1.05 bits per heavy atom. The molecule has 0 heterocycles. The van der Waals surface area contributed by atoms with Gasteiger partial charge < -0.3 is 0 Å². The lowest BCUT2D eigenvalue weighted by Gasteiger charge is -2.01. The molecule has 0 atom stereocenters. The van der Waals surface area contributed by atoms with Gasteiger partial charge in [0.05, 0.1) is 0 Å². The van der Waals surface area contributed by atoms with Crippen molar-refractivity contribution in [2.45, 2.75) is 20.3 Å². The van der Waals surface area contributed by atoms with Crippen LogP contribution in [-0.2, 0) is 0 Å². The number of allylic oxidation sites excluding steroid dienone is 1. The lowest BCUT2D eigenvalue weighted by atomic mass is 10.0. The number of rotatable bonds is 4. The van der Waals surface area contributed by atoms with Gasteiger partial charge in [0, 0.05) is 12.0 Å². The average Bonchev–Trinajstić information content (AvgIpc) is 2.43. The topological polar surface area (TPSA) is 17.1 Å². The lowest BCUT2D eigenvalue weighted by molar-refractivity contribution is 0.0996. The number of aryl methyl sites for hydroxylation is 2. The number of benzene rings is 2. The maximum atomic E-state index is 11.9. The molecule has 1 nitrogen and oxygen atoms in total. The van der Waals surface area contributed by atoms with Gasteiger partial charge in [-0.25, -0.2) is 0 Å². The van der Waals surface area contributed by atoms with Crippen molar-refractivity contribution >= 4 is 11.9 Å². The second-order valence-corrected chi connectivity index (χ2v) is 4.76. The van der Waals surface area contributed by atoms with Crippen LogP contribution in [0.2, 0.25) is 0 Å². The molecule has 1 heteroatoms. The summed E-state index contributed by atoms with van der Waals surface area (Å²) >= 11 is 0. The van der Waals surface area contributed by atoms with Crippen molar-refractivity contribution in [1.82, 2.24) is 0 Å². The maximum absolute atomic E-state index is 11.9. The molecule has 0 saturated carbocycles. The van der Waals surface area contributed by atoms with E-state index < -0.39 is 0 Å². The van der Waals surface area contributed by atoms with Gasteiger partial charge in [0.15, 0.2) is 5.78 Å². The summed E-state index contributed by atoms with van der Waals surface area (Å²) in [7, 11) is 0. The van der Waals surface area contributed by atoms with E-state index in [0.717, 1.165) is 5.56 Å². The first-order chi connectivity index (χ1) is 9.16. The first-order valence-electron chi connectivity index (χ1n) is 6.49. The van der Waals surface area contributed by atoms with Crippen molar-refractivity contribution in [2.24, 2.45) is 0 Å². The monoisotopic (exact) mass is 250 g/mol. The van der Waals surface area contributed by atoms with Crippen LogP contribution in [0.4, 0.5) is 0 Å². The van der Waals surface area contributed by atoms with E-state index >= 15 is 0 Å². The van der Waals surface area contributed by atoms with Crippen LogP contribution in [0.3, 0.4) is 0 Å². The van der Waals surface area contributed by atoms with Gasteiger partial charge in [-0.1, -0.05) is 66.2 Å². The van der Waals surface area contributed by atoms with Crippen LogP contribution in [0.5, 0.6) is 0 Å². The summed E-state index contributed by atoms with van der Waals surface area (Å²) in [6.45, 7) is 4.16. The number of Topliss-reactive ketones (excluding diaryl/α,β-unsaturated/α-hetero) is 1. The number of hydrogen-bond acceptors (Lipinski definition) is 1. The average molecular weight is 250 g/mol. The summed E-state index contributed by atoms with van der Waals surface area (Å²) in [5.74, 6) is 0.155. The van der Waals surface area contributed by atoms with Crippen molar-refractivity contribution < 1.29 is 4.79 Å². The minimum Gasteiger partial charge on any atom is -0.294 e. The minimum atomic E-state index is 0.155. The molecule has 0 aliphatic carbocycles. The molecule has 0 aromatic heterocycles. The number of carbonyl (C=O) groups is 1. The number of carbonyl (C=O) groups excluding carboxylic acids is 1. The van der Waals surface area contributed by atoms with Crippen LogP contribution in [0, 0.1) is 13.8 Å².